The third kappa shape index (κ3) is 9.15. The van der Waals surface area contributed by atoms with E-state index in [-0.39, 0.29) is 18.6 Å². The van der Waals surface area contributed by atoms with Crippen LogP contribution in [0.25, 0.3) is 0 Å². The summed E-state index contributed by atoms with van der Waals surface area (Å²) in [5.74, 6) is -0.280. The van der Waals surface area contributed by atoms with Crippen molar-refractivity contribution in [2.24, 2.45) is 0 Å². The van der Waals surface area contributed by atoms with Gasteiger partial charge in [-0.2, -0.15) is 0 Å². The molecule has 0 saturated carbocycles. The van der Waals surface area contributed by atoms with Crippen molar-refractivity contribution in [2.75, 3.05) is 6.54 Å². The molecule has 6 heteroatoms. The molecule has 0 fully saturated rings. The summed E-state index contributed by atoms with van der Waals surface area (Å²) < 4.78 is 10.4. The molecule has 0 heterocycles. The van der Waals surface area contributed by atoms with Gasteiger partial charge in [0.05, 0.1) is 0 Å². The molecule has 1 rings (SSSR count). The average Bonchev–Trinajstić information content (AvgIpc) is 2.51. The van der Waals surface area contributed by atoms with Crippen LogP contribution in [0.1, 0.15) is 45.6 Å². The number of unbranched alkanes of at least 4 members (excludes halogenated alkanes) is 1. The molecule has 134 valence electrons. The topological polar surface area (TPSA) is 92.3 Å². The molecule has 0 radical (unpaired) electrons. The summed E-state index contributed by atoms with van der Waals surface area (Å²) in [7, 11) is 0. The van der Waals surface area contributed by atoms with Crippen molar-refractivity contribution in [1.29, 1.82) is 0 Å². The van der Waals surface area contributed by atoms with E-state index in [9.17, 15) is 9.59 Å². The molecule has 6 nitrogen and oxygen atoms in total. The van der Waals surface area contributed by atoms with Gasteiger partial charge in [-0.15, -0.1) is 0 Å². The summed E-state index contributed by atoms with van der Waals surface area (Å²) in [4.78, 5) is 23.3. The zero-order valence-corrected chi connectivity index (χ0v) is 14.8. The summed E-state index contributed by atoms with van der Waals surface area (Å²) >= 11 is 0. The number of hydrogen-bond acceptors (Lipinski definition) is 4. The summed E-state index contributed by atoms with van der Waals surface area (Å²) in [6.45, 7) is 6.27. The molecule has 0 bridgehead atoms. The van der Waals surface area contributed by atoms with Gasteiger partial charge in [0.2, 0.25) is 0 Å². The molecule has 0 unspecified atom stereocenters. The van der Waals surface area contributed by atoms with Gasteiger partial charge in [0.1, 0.15) is 12.2 Å². The second kappa shape index (κ2) is 9.93. The fraction of sp³-hybridized carbons (Fsp3) is 0.556. The molecule has 0 saturated heterocycles. The number of hydrogen-bond donors (Lipinski definition) is 2. The Kier molecular flexibility index (Phi) is 8.26. The lowest BCUT2D eigenvalue weighted by Crippen LogP contribution is -2.65. The van der Waals surface area contributed by atoms with Gasteiger partial charge >= 0.3 is 12.1 Å². The Morgan fingerprint density at radius 3 is 2.46 bits per heavy atom. The molecule has 0 spiro atoms. The number of nitrogens with one attached hydrogen (secondary N) is 1. The monoisotopic (exact) mass is 337 g/mol. The van der Waals surface area contributed by atoms with Crippen LogP contribution < -0.4 is 11.1 Å². The first-order valence-electron chi connectivity index (χ1n) is 8.28. The number of esters is 1. The van der Waals surface area contributed by atoms with E-state index in [0.717, 1.165) is 18.4 Å². The number of ether oxygens (including phenoxy) is 2. The minimum Gasteiger partial charge on any atom is -0.456 e. The maximum absolute atomic E-state index is 11.8. The van der Waals surface area contributed by atoms with Gasteiger partial charge in [-0.3, -0.25) is 0 Å². The summed E-state index contributed by atoms with van der Waals surface area (Å²) in [6, 6.07) is 9.13. The SMILES string of the molecule is CC(C)(C)OC(=O)[C@@H]([NH3+])CCCCNC(=O)OCc1ccccc1. The van der Waals surface area contributed by atoms with Crippen molar-refractivity contribution >= 4 is 12.1 Å². The van der Waals surface area contributed by atoms with Crippen LogP contribution in [0.15, 0.2) is 30.3 Å². The number of quaternary nitrogens is 1. The van der Waals surface area contributed by atoms with Crippen LogP contribution in [-0.2, 0) is 20.9 Å². The number of alkyl carbamates (subject to hydrolysis) is 1. The van der Waals surface area contributed by atoms with Crippen LogP contribution >= 0.6 is 0 Å². The van der Waals surface area contributed by atoms with Crippen LogP contribution in [0.2, 0.25) is 0 Å². The van der Waals surface area contributed by atoms with E-state index < -0.39 is 11.7 Å². The van der Waals surface area contributed by atoms with E-state index in [1.54, 1.807) is 0 Å². The van der Waals surface area contributed by atoms with Crippen molar-refractivity contribution in [1.82, 2.24) is 5.32 Å². The standard InChI is InChI=1S/C18H28N2O4/c1-18(2,3)24-16(21)15(19)11-7-8-12-20-17(22)23-13-14-9-5-4-6-10-14/h4-6,9-10,15H,7-8,11-13,19H2,1-3H3,(H,20,22)/p+1/t15-/m0/s1. The van der Waals surface area contributed by atoms with E-state index in [4.69, 9.17) is 9.47 Å². The second-order valence-electron chi connectivity index (χ2n) is 6.71. The molecule has 1 aromatic rings. The van der Waals surface area contributed by atoms with Crippen LogP contribution in [0.4, 0.5) is 4.79 Å². The second-order valence-corrected chi connectivity index (χ2v) is 6.71. The molecule has 4 N–H and O–H groups in total. The first kappa shape index (κ1) is 20.0. The van der Waals surface area contributed by atoms with Crippen molar-refractivity contribution in [3.05, 3.63) is 35.9 Å². The maximum Gasteiger partial charge on any atom is 0.407 e. The van der Waals surface area contributed by atoms with E-state index in [1.807, 2.05) is 51.1 Å². The molecular weight excluding hydrogens is 308 g/mol. The first-order chi connectivity index (χ1) is 11.3. The normalized spacial score (nSPS) is 12.3. The smallest absolute Gasteiger partial charge is 0.407 e. The van der Waals surface area contributed by atoms with Gasteiger partial charge < -0.3 is 20.5 Å². The highest BCUT2D eigenvalue weighted by Gasteiger charge is 2.24. The third-order valence-corrected chi connectivity index (χ3v) is 3.20. The van der Waals surface area contributed by atoms with Gasteiger partial charge in [-0.1, -0.05) is 30.3 Å². The number of amides is 1. The summed E-state index contributed by atoms with van der Waals surface area (Å²) in [6.07, 6.45) is 1.74. The van der Waals surface area contributed by atoms with Crippen LogP contribution in [0.3, 0.4) is 0 Å². The summed E-state index contributed by atoms with van der Waals surface area (Å²) in [5.41, 5.74) is 4.29. The lowest BCUT2D eigenvalue weighted by atomic mass is 10.1. The number of rotatable bonds is 8. The Morgan fingerprint density at radius 2 is 1.83 bits per heavy atom. The van der Waals surface area contributed by atoms with Gasteiger partial charge in [-0.25, -0.2) is 9.59 Å². The zero-order chi connectivity index (χ0) is 18.0. The molecule has 1 aromatic carbocycles. The van der Waals surface area contributed by atoms with E-state index in [1.165, 1.54) is 0 Å². The predicted octanol–water partition coefficient (Wildman–Crippen LogP) is 2.04. The third-order valence-electron chi connectivity index (χ3n) is 3.20. The van der Waals surface area contributed by atoms with Crippen molar-refractivity contribution in [2.45, 2.75) is 58.3 Å². The number of benzene rings is 1. The molecule has 1 atom stereocenters. The highest BCUT2D eigenvalue weighted by Crippen LogP contribution is 2.09. The molecule has 0 aliphatic heterocycles. The first-order valence-corrected chi connectivity index (χ1v) is 8.28. The van der Waals surface area contributed by atoms with E-state index in [2.05, 4.69) is 11.1 Å². The Balaban J connectivity index is 2.09. The summed E-state index contributed by atoms with van der Waals surface area (Å²) in [5, 5.41) is 2.70. The molecule has 1 amide bonds. The molecule has 0 aromatic heterocycles. The number of carbonyl (C=O) groups is 2. The molecule has 0 aliphatic rings. The quantitative estimate of drug-likeness (QED) is 0.561. The van der Waals surface area contributed by atoms with Gasteiger partial charge in [0.25, 0.3) is 0 Å². The average molecular weight is 337 g/mol. The minimum absolute atomic E-state index is 0.256. The lowest BCUT2D eigenvalue weighted by molar-refractivity contribution is -0.411. The van der Waals surface area contributed by atoms with Crippen LogP contribution in [0.5, 0.6) is 0 Å². The molecule has 24 heavy (non-hydrogen) atoms. The fourth-order valence-electron chi connectivity index (χ4n) is 1.98. The Bertz CT molecular complexity index is 512. The van der Waals surface area contributed by atoms with Crippen LogP contribution in [0, 0.1) is 0 Å². The highest BCUT2D eigenvalue weighted by molar-refractivity contribution is 5.74. The molecule has 0 aliphatic carbocycles. The van der Waals surface area contributed by atoms with Crippen molar-refractivity contribution in [3.63, 3.8) is 0 Å². The predicted molar refractivity (Wildman–Crippen MR) is 91.0 cm³/mol. The van der Waals surface area contributed by atoms with E-state index in [0.29, 0.717) is 13.0 Å². The van der Waals surface area contributed by atoms with Gasteiger partial charge in [0.15, 0.2) is 6.04 Å². The van der Waals surface area contributed by atoms with Crippen molar-refractivity contribution in [3.8, 4) is 0 Å². The number of carbonyl (C=O) groups excluding carboxylic acids is 2. The largest absolute Gasteiger partial charge is 0.456 e. The lowest BCUT2D eigenvalue weighted by Gasteiger charge is -2.20. The van der Waals surface area contributed by atoms with Crippen molar-refractivity contribution < 1.29 is 24.8 Å². The van der Waals surface area contributed by atoms with Crippen LogP contribution in [-0.4, -0.2) is 30.3 Å². The van der Waals surface area contributed by atoms with E-state index >= 15 is 0 Å². The highest BCUT2D eigenvalue weighted by atomic mass is 16.6. The minimum atomic E-state index is -0.489. The Morgan fingerprint density at radius 1 is 1.17 bits per heavy atom. The molecular formula is C18H29N2O4+. The van der Waals surface area contributed by atoms with Gasteiger partial charge in [0, 0.05) is 13.0 Å². The Hall–Kier alpha value is -2.08. The fourth-order valence-corrected chi connectivity index (χ4v) is 1.98. The zero-order valence-electron chi connectivity index (χ0n) is 14.8. The Labute approximate surface area is 143 Å². The van der Waals surface area contributed by atoms with Gasteiger partial charge in [-0.05, 0) is 39.2 Å². The maximum atomic E-state index is 11.8.